The van der Waals surface area contributed by atoms with Gasteiger partial charge >= 0.3 is 11.7 Å². The van der Waals surface area contributed by atoms with E-state index in [1.807, 2.05) is 0 Å². The molecule has 1 N–H and O–H groups in total. The molecule has 2 aromatic carbocycles. The molecule has 0 unspecified atom stereocenters. The smallest absolute Gasteiger partial charge is 0.339 e. The number of ether oxygens (including phenoxy) is 1. The Hall–Kier alpha value is -3.14. The number of imidazole rings is 1. The zero-order valence-electron chi connectivity index (χ0n) is 14.6. The molecule has 0 amide bonds. The van der Waals surface area contributed by atoms with Gasteiger partial charge in [-0.05, 0) is 40.2 Å². The molecule has 0 bridgehead atoms. The van der Waals surface area contributed by atoms with Crippen molar-refractivity contribution in [3.05, 3.63) is 61.0 Å². The molecule has 1 heterocycles. The third-order valence-electron chi connectivity index (χ3n) is 4.24. The number of nitrogens with zero attached hydrogens (tertiary/aromatic N) is 3. The lowest BCUT2D eigenvalue weighted by Gasteiger charge is -2.11. The minimum atomic E-state index is -0.624. The van der Waals surface area contributed by atoms with E-state index in [1.54, 1.807) is 32.3 Å². The average molecular weight is 435 g/mol. The summed E-state index contributed by atoms with van der Waals surface area (Å²) in [6, 6.07) is 7.74. The maximum Gasteiger partial charge on any atom is 0.339 e. The second kappa shape index (κ2) is 6.88. The number of fused-ring (bicyclic) bond motifs is 1. The number of rotatable bonds is 4. The van der Waals surface area contributed by atoms with Crippen LogP contribution in [-0.2, 0) is 18.8 Å². The first-order valence-electron chi connectivity index (χ1n) is 7.73. The molecule has 0 aliphatic carbocycles. The first-order valence-corrected chi connectivity index (χ1v) is 8.52. The van der Waals surface area contributed by atoms with E-state index >= 15 is 0 Å². The third kappa shape index (κ3) is 3.19. The van der Waals surface area contributed by atoms with Crippen LogP contribution in [0.1, 0.15) is 10.4 Å². The van der Waals surface area contributed by atoms with Crippen molar-refractivity contribution in [2.45, 2.75) is 0 Å². The Morgan fingerprint density at radius 1 is 1.19 bits per heavy atom. The van der Waals surface area contributed by atoms with E-state index in [2.05, 4.69) is 21.2 Å². The number of aryl methyl sites for hydroxylation is 2. The molecule has 0 saturated heterocycles. The number of nitrogens with one attached hydrogen (secondary N) is 1. The van der Waals surface area contributed by atoms with Crippen LogP contribution in [0.3, 0.4) is 0 Å². The topological polar surface area (TPSA) is 108 Å². The number of nitro groups is 1. The second-order valence-electron chi connectivity index (χ2n) is 5.83. The van der Waals surface area contributed by atoms with Gasteiger partial charge in [0.05, 0.1) is 28.6 Å². The summed E-state index contributed by atoms with van der Waals surface area (Å²) in [6.45, 7) is 0. The Morgan fingerprint density at radius 2 is 1.85 bits per heavy atom. The fraction of sp³-hybridized carbons (Fsp3) is 0.176. The number of methoxy groups -OCH3 is 1. The quantitative estimate of drug-likeness (QED) is 0.383. The van der Waals surface area contributed by atoms with E-state index < -0.39 is 10.9 Å². The number of benzene rings is 2. The van der Waals surface area contributed by atoms with E-state index in [1.165, 1.54) is 28.4 Å². The summed E-state index contributed by atoms with van der Waals surface area (Å²) in [6.07, 6.45) is 0. The van der Waals surface area contributed by atoms with Crippen LogP contribution in [0.15, 0.2) is 39.6 Å². The minimum Gasteiger partial charge on any atom is -0.465 e. The lowest BCUT2D eigenvalue weighted by atomic mass is 10.1. The number of carbonyl (C=O) groups excluding carboxylic acids is 1. The van der Waals surface area contributed by atoms with Gasteiger partial charge in [0.15, 0.2) is 0 Å². The van der Waals surface area contributed by atoms with Gasteiger partial charge in [0, 0.05) is 30.3 Å². The van der Waals surface area contributed by atoms with Crippen molar-refractivity contribution >= 4 is 50.0 Å². The van der Waals surface area contributed by atoms with Crippen molar-refractivity contribution in [1.82, 2.24) is 9.13 Å². The van der Waals surface area contributed by atoms with Crippen LogP contribution >= 0.6 is 15.9 Å². The average Bonchev–Trinajstić information content (AvgIpc) is 2.86. The first kappa shape index (κ1) is 18.6. The van der Waals surface area contributed by atoms with Gasteiger partial charge in [0.1, 0.15) is 5.69 Å². The summed E-state index contributed by atoms with van der Waals surface area (Å²) in [4.78, 5) is 34.8. The lowest BCUT2D eigenvalue weighted by Crippen LogP contribution is -2.19. The number of hydrogen-bond donors (Lipinski definition) is 1. The SMILES string of the molecule is COC(=O)c1cc(Nc2ccc3c(c2)n(C)c(=O)n3C)c([N+](=O)[O-])cc1Br. The molecule has 27 heavy (non-hydrogen) atoms. The molecule has 0 aliphatic heterocycles. The van der Waals surface area contributed by atoms with Crippen LogP contribution in [0.5, 0.6) is 0 Å². The van der Waals surface area contributed by atoms with Gasteiger partial charge < -0.3 is 10.1 Å². The van der Waals surface area contributed by atoms with Crippen LogP contribution in [-0.4, -0.2) is 27.1 Å². The molecule has 0 atom stereocenters. The van der Waals surface area contributed by atoms with Gasteiger partial charge in [-0.2, -0.15) is 0 Å². The Morgan fingerprint density at radius 3 is 2.48 bits per heavy atom. The molecule has 10 heteroatoms. The maximum absolute atomic E-state index is 12.1. The van der Waals surface area contributed by atoms with Crippen molar-refractivity contribution in [3.8, 4) is 0 Å². The van der Waals surface area contributed by atoms with E-state index in [-0.39, 0.29) is 27.1 Å². The highest BCUT2D eigenvalue weighted by Crippen LogP contribution is 2.34. The Kier molecular flexibility index (Phi) is 4.75. The van der Waals surface area contributed by atoms with E-state index in [0.29, 0.717) is 11.2 Å². The number of aromatic nitrogens is 2. The molecule has 0 aliphatic rings. The summed E-state index contributed by atoms with van der Waals surface area (Å²) in [5, 5.41) is 14.4. The normalized spacial score (nSPS) is 10.8. The highest BCUT2D eigenvalue weighted by molar-refractivity contribution is 9.10. The predicted molar refractivity (Wildman–Crippen MR) is 104 cm³/mol. The first-order chi connectivity index (χ1) is 12.7. The Labute approximate surface area is 161 Å². The molecule has 3 rings (SSSR count). The summed E-state index contributed by atoms with van der Waals surface area (Å²) in [7, 11) is 4.54. The number of halogens is 1. The number of hydrogen-bond acceptors (Lipinski definition) is 6. The van der Waals surface area contributed by atoms with Crippen molar-refractivity contribution in [2.75, 3.05) is 12.4 Å². The molecule has 0 radical (unpaired) electrons. The zero-order valence-corrected chi connectivity index (χ0v) is 16.2. The van der Waals surface area contributed by atoms with E-state index in [4.69, 9.17) is 4.74 Å². The number of anilines is 2. The molecule has 0 fully saturated rings. The van der Waals surface area contributed by atoms with E-state index in [9.17, 15) is 19.7 Å². The summed E-state index contributed by atoms with van der Waals surface area (Å²) in [5.74, 6) is -0.624. The van der Waals surface area contributed by atoms with Crippen molar-refractivity contribution < 1.29 is 14.5 Å². The van der Waals surface area contributed by atoms with Crippen LogP contribution in [0.25, 0.3) is 11.0 Å². The molecular weight excluding hydrogens is 420 g/mol. The Balaban J connectivity index is 2.12. The summed E-state index contributed by atoms with van der Waals surface area (Å²) >= 11 is 3.16. The second-order valence-corrected chi connectivity index (χ2v) is 6.68. The Bertz CT molecular complexity index is 1150. The predicted octanol–water partition coefficient (Wildman–Crippen LogP) is 3.08. The number of carbonyl (C=O) groups is 1. The lowest BCUT2D eigenvalue weighted by molar-refractivity contribution is -0.384. The largest absolute Gasteiger partial charge is 0.465 e. The van der Waals surface area contributed by atoms with Gasteiger partial charge in [-0.1, -0.05) is 0 Å². The molecule has 1 aromatic heterocycles. The molecule has 0 spiro atoms. The van der Waals surface area contributed by atoms with Gasteiger partial charge in [0.2, 0.25) is 0 Å². The van der Waals surface area contributed by atoms with Gasteiger partial charge in [-0.25, -0.2) is 9.59 Å². The van der Waals surface area contributed by atoms with Crippen molar-refractivity contribution in [2.24, 2.45) is 14.1 Å². The van der Waals surface area contributed by atoms with Crippen molar-refractivity contribution in [3.63, 3.8) is 0 Å². The highest BCUT2D eigenvalue weighted by Gasteiger charge is 2.21. The van der Waals surface area contributed by atoms with Crippen LogP contribution in [0.4, 0.5) is 17.1 Å². The number of nitro benzene ring substituents is 1. The standard InChI is InChI=1S/C17H15BrN4O5/c1-20-13-5-4-9(6-15(13)21(2)17(20)24)19-12-7-10(16(23)27-3)11(18)8-14(12)22(25)26/h4-8,19H,1-3H3. The fourth-order valence-electron chi connectivity index (χ4n) is 2.82. The summed E-state index contributed by atoms with van der Waals surface area (Å²) < 4.78 is 7.95. The molecular formula is C17H15BrN4O5. The third-order valence-corrected chi connectivity index (χ3v) is 4.89. The van der Waals surface area contributed by atoms with Gasteiger partial charge in [-0.15, -0.1) is 0 Å². The molecule has 3 aromatic rings. The van der Waals surface area contributed by atoms with Crippen molar-refractivity contribution in [1.29, 1.82) is 0 Å². The van der Waals surface area contributed by atoms with Crippen LogP contribution in [0, 0.1) is 10.1 Å². The van der Waals surface area contributed by atoms with Crippen LogP contribution < -0.4 is 11.0 Å². The van der Waals surface area contributed by atoms with Gasteiger partial charge in [-0.3, -0.25) is 19.2 Å². The van der Waals surface area contributed by atoms with Crippen LogP contribution in [0.2, 0.25) is 0 Å². The monoisotopic (exact) mass is 434 g/mol. The maximum atomic E-state index is 12.1. The van der Waals surface area contributed by atoms with E-state index in [0.717, 1.165) is 5.52 Å². The fourth-order valence-corrected chi connectivity index (χ4v) is 3.31. The number of esters is 1. The zero-order chi connectivity index (χ0) is 19.9. The summed E-state index contributed by atoms with van der Waals surface area (Å²) in [5.41, 5.74) is 1.82. The molecule has 0 saturated carbocycles. The minimum absolute atomic E-state index is 0.129. The molecule has 140 valence electrons. The van der Waals surface area contributed by atoms with Gasteiger partial charge in [0.25, 0.3) is 5.69 Å². The highest BCUT2D eigenvalue weighted by atomic mass is 79.9. The molecule has 9 nitrogen and oxygen atoms in total.